The van der Waals surface area contributed by atoms with Gasteiger partial charge in [0.1, 0.15) is 0 Å². The molecule has 0 bridgehead atoms. The third-order valence-electron chi connectivity index (χ3n) is 4.81. The molecule has 7 heteroatoms. The maximum absolute atomic E-state index is 12.3. The number of hydrogen-bond acceptors (Lipinski definition) is 4. The Bertz CT molecular complexity index is 761. The minimum Gasteiger partial charge on any atom is -0.377 e. The standard InChI is InChI=1S/C19H26N2O4S/c1-14(16-6-7-16)11-19(22)20-12-15-4-8-18(9-5-15)26(23,24)21-13-17-3-2-10-25-17/h4-5,8-9,11,16-17,21H,2-3,6-7,10,12-13H2,1H3,(H,20,22)/b14-11+/t17-/m0/s1. The first-order valence-electron chi connectivity index (χ1n) is 9.10. The van der Waals surface area contributed by atoms with E-state index in [4.69, 9.17) is 4.74 Å². The number of carbonyl (C=O) groups excluding carboxylic acids is 1. The van der Waals surface area contributed by atoms with Crippen LogP contribution < -0.4 is 10.0 Å². The van der Waals surface area contributed by atoms with Crippen molar-refractivity contribution < 1.29 is 17.9 Å². The molecule has 1 amide bonds. The van der Waals surface area contributed by atoms with Crippen molar-refractivity contribution in [2.45, 2.75) is 50.2 Å². The summed E-state index contributed by atoms with van der Waals surface area (Å²) in [6, 6.07) is 6.56. The molecule has 2 aliphatic rings. The molecule has 6 nitrogen and oxygen atoms in total. The van der Waals surface area contributed by atoms with Crippen LogP contribution >= 0.6 is 0 Å². The summed E-state index contributed by atoms with van der Waals surface area (Å²) in [5, 5.41) is 2.84. The lowest BCUT2D eigenvalue weighted by atomic mass is 10.2. The number of carbonyl (C=O) groups is 1. The average molecular weight is 378 g/mol. The number of amides is 1. The van der Waals surface area contributed by atoms with Crippen LogP contribution in [0.1, 0.15) is 38.2 Å². The summed E-state index contributed by atoms with van der Waals surface area (Å²) in [5.74, 6) is 0.469. The van der Waals surface area contributed by atoms with Gasteiger partial charge in [0.05, 0.1) is 11.0 Å². The van der Waals surface area contributed by atoms with E-state index in [9.17, 15) is 13.2 Å². The van der Waals surface area contributed by atoms with Crippen molar-refractivity contribution in [3.05, 3.63) is 41.5 Å². The smallest absolute Gasteiger partial charge is 0.244 e. The fourth-order valence-electron chi connectivity index (χ4n) is 2.98. The summed E-state index contributed by atoms with van der Waals surface area (Å²) in [5.41, 5.74) is 1.98. The van der Waals surface area contributed by atoms with Gasteiger partial charge in [-0.05, 0) is 56.2 Å². The molecule has 0 aromatic heterocycles. The summed E-state index contributed by atoms with van der Waals surface area (Å²) in [6.07, 6.45) is 5.83. The molecule has 1 aliphatic carbocycles. The number of benzene rings is 1. The summed E-state index contributed by atoms with van der Waals surface area (Å²) >= 11 is 0. The van der Waals surface area contributed by atoms with E-state index in [-0.39, 0.29) is 16.9 Å². The zero-order chi connectivity index (χ0) is 18.6. The van der Waals surface area contributed by atoms with E-state index in [1.807, 2.05) is 6.92 Å². The second kappa shape index (κ2) is 8.33. The van der Waals surface area contributed by atoms with Crippen LogP contribution in [0.3, 0.4) is 0 Å². The van der Waals surface area contributed by atoms with Crippen LogP contribution in [0.2, 0.25) is 0 Å². The van der Waals surface area contributed by atoms with Crippen molar-refractivity contribution in [1.29, 1.82) is 0 Å². The molecule has 1 aromatic rings. The predicted octanol–water partition coefficient (Wildman–Crippen LogP) is 2.12. The zero-order valence-electron chi connectivity index (χ0n) is 15.0. The van der Waals surface area contributed by atoms with E-state index in [2.05, 4.69) is 10.0 Å². The molecule has 26 heavy (non-hydrogen) atoms. The van der Waals surface area contributed by atoms with Crippen LogP contribution in [-0.4, -0.2) is 33.6 Å². The third kappa shape index (κ3) is 5.40. The van der Waals surface area contributed by atoms with E-state index in [0.717, 1.165) is 24.0 Å². The molecule has 142 valence electrons. The van der Waals surface area contributed by atoms with E-state index in [1.165, 1.54) is 12.8 Å². The van der Waals surface area contributed by atoms with Gasteiger partial charge in [-0.2, -0.15) is 0 Å². The van der Waals surface area contributed by atoms with Crippen LogP contribution in [0.25, 0.3) is 0 Å². The van der Waals surface area contributed by atoms with Gasteiger partial charge in [-0.1, -0.05) is 17.7 Å². The minimum absolute atomic E-state index is 0.0357. The lowest BCUT2D eigenvalue weighted by Crippen LogP contribution is -2.31. The van der Waals surface area contributed by atoms with Gasteiger partial charge in [-0.3, -0.25) is 4.79 Å². The second-order valence-electron chi connectivity index (χ2n) is 7.01. The quantitative estimate of drug-likeness (QED) is 0.679. The van der Waals surface area contributed by atoms with E-state index >= 15 is 0 Å². The molecule has 1 saturated carbocycles. The van der Waals surface area contributed by atoms with Crippen LogP contribution in [0.4, 0.5) is 0 Å². The zero-order valence-corrected chi connectivity index (χ0v) is 15.8. The van der Waals surface area contributed by atoms with Gasteiger partial charge in [-0.15, -0.1) is 0 Å². The van der Waals surface area contributed by atoms with Gasteiger partial charge < -0.3 is 10.1 Å². The van der Waals surface area contributed by atoms with Crippen LogP contribution in [0.15, 0.2) is 40.8 Å². The molecule has 1 aromatic carbocycles. The third-order valence-corrected chi connectivity index (χ3v) is 6.24. The molecular formula is C19H26N2O4S. The highest BCUT2D eigenvalue weighted by atomic mass is 32.2. The second-order valence-corrected chi connectivity index (χ2v) is 8.78. The number of nitrogens with one attached hydrogen (secondary N) is 2. The highest BCUT2D eigenvalue weighted by Crippen LogP contribution is 2.35. The predicted molar refractivity (Wildman–Crippen MR) is 98.9 cm³/mol. The largest absolute Gasteiger partial charge is 0.377 e. The Morgan fingerprint density at radius 1 is 1.23 bits per heavy atom. The van der Waals surface area contributed by atoms with Gasteiger partial charge in [0, 0.05) is 25.8 Å². The highest BCUT2D eigenvalue weighted by molar-refractivity contribution is 7.89. The topological polar surface area (TPSA) is 84.5 Å². The minimum atomic E-state index is -3.54. The molecule has 3 rings (SSSR count). The first kappa shape index (κ1) is 19.1. The Hall–Kier alpha value is -1.70. The molecule has 2 N–H and O–H groups in total. The summed E-state index contributed by atoms with van der Waals surface area (Å²) in [6.45, 7) is 3.35. The van der Waals surface area contributed by atoms with Gasteiger partial charge in [-0.25, -0.2) is 13.1 Å². The fraction of sp³-hybridized carbons (Fsp3) is 0.526. The molecule has 1 saturated heterocycles. The average Bonchev–Trinajstić information content (AvgIpc) is 3.35. The highest BCUT2D eigenvalue weighted by Gasteiger charge is 2.23. The molecule has 1 atom stereocenters. The molecule has 1 aliphatic heterocycles. The summed E-state index contributed by atoms with van der Waals surface area (Å²) in [4.78, 5) is 12.1. The maximum atomic E-state index is 12.3. The normalized spacial score (nSPS) is 21.0. The Labute approximate surface area is 155 Å². The lowest BCUT2D eigenvalue weighted by Gasteiger charge is -2.12. The van der Waals surface area contributed by atoms with E-state index in [1.54, 1.807) is 30.3 Å². The molecule has 0 unspecified atom stereocenters. The first-order chi connectivity index (χ1) is 12.4. The van der Waals surface area contributed by atoms with Gasteiger partial charge in [0.15, 0.2) is 0 Å². The Morgan fingerprint density at radius 3 is 2.58 bits per heavy atom. The Balaban J connectivity index is 1.50. The van der Waals surface area contributed by atoms with Gasteiger partial charge >= 0.3 is 0 Å². The van der Waals surface area contributed by atoms with Gasteiger partial charge in [0.25, 0.3) is 0 Å². The van der Waals surface area contributed by atoms with Crippen molar-refractivity contribution in [2.75, 3.05) is 13.2 Å². The molecule has 0 radical (unpaired) electrons. The number of sulfonamides is 1. The Morgan fingerprint density at radius 2 is 1.96 bits per heavy atom. The summed E-state index contributed by atoms with van der Waals surface area (Å²) < 4.78 is 32.7. The molecular weight excluding hydrogens is 352 g/mol. The van der Waals surface area contributed by atoms with Crippen molar-refractivity contribution in [3.8, 4) is 0 Å². The van der Waals surface area contributed by atoms with Crippen molar-refractivity contribution in [1.82, 2.24) is 10.0 Å². The SMILES string of the molecule is C/C(=C\C(=O)NCc1ccc(S(=O)(=O)NC[C@@H]2CCCO2)cc1)C1CC1. The maximum Gasteiger partial charge on any atom is 0.244 e. The fourth-order valence-corrected chi connectivity index (χ4v) is 4.05. The molecule has 0 spiro atoms. The first-order valence-corrected chi connectivity index (χ1v) is 10.6. The van der Waals surface area contributed by atoms with Crippen LogP contribution in [0.5, 0.6) is 0 Å². The monoisotopic (exact) mass is 378 g/mol. The number of allylic oxidation sites excluding steroid dienone is 1. The summed E-state index contributed by atoms with van der Waals surface area (Å²) in [7, 11) is -3.54. The van der Waals surface area contributed by atoms with E-state index in [0.29, 0.717) is 25.6 Å². The number of ether oxygens (including phenoxy) is 1. The lowest BCUT2D eigenvalue weighted by molar-refractivity contribution is -0.116. The van der Waals surface area contributed by atoms with Gasteiger partial charge in [0.2, 0.25) is 15.9 Å². The number of rotatable bonds is 8. The van der Waals surface area contributed by atoms with Crippen LogP contribution in [-0.2, 0) is 26.1 Å². The van der Waals surface area contributed by atoms with Crippen LogP contribution in [0, 0.1) is 5.92 Å². The van der Waals surface area contributed by atoms with Crippen molar-refractivity contribution in [2.24, 2.45) is 5.92 Å². The van der Waals surface area contributed by atoms with Crippen molar-refractivity contribution in [3.63, 3.8) is 0 Å². The van der Waals surface area contributed by atoms with Crippen molar-refractivity contribution >= 4 is 15.9 Å². The molecule has 2 fully saturated rings. The number of hydrogen-bond donors (Lipinski definition) is 2. The van der Waals surface area contributed by atoms with E-state index < -0.39 is 10.0 Å². The molecule has 1 heterocycles. The Kier molecular flexibility index (Phi) is 6.11.